The summed E-state index contributed by atoms with van der Waals surface area (Å²) in [4.78, 5) is 22.5. The van der Waals surface area contributed by atoms with Crippen molar-refractivity contribution in [1.82, 2.24) is 19.4 Å². The van der Waals surface area contributed by atoms with Crippen molar-refractivity contribution >= 4 is 10.9 Å². The molecule has 0 saturated carbocycles. The Labute approximate surface area is 140 Å². The minimum Gasteiger partial charge on any atom is -0.353 e. The third-order valence-electron chi connectivity index (χ3n) is 5.14. The van der Waals surface area contributed by atoms with Crippen molar-refractivity contribution in [1.29, 1.82) is 0 Å². The van der Waals surface area contributed by atoms with Crippen molar-refractivity contribution in [3.8, 4) is 0 Å². The summed E-state index contributed by atoms with van der Waals surface area (Å²) in [6.07, 6.45) is 4.39. The second-order valence-corrected chi connectivity index (χ2v) is 6.58. The minimum atomic E-state index is -0.0583. The number of H-pyrrole nitrogens is 1. The lowest BCUT2D eigenvalue weighted by molar-refractivity contribution is 0.181. The van der Waals surface area contributed by atoms with E-state index in [9.17, 15) is 4.79 Å². The number of nitrogens with one attached hydrogen (secondary N) is 1. The lowest BCUT2D eigenvalue weighted by atomic mass is 10.1. The summed E-state index contributed by atoms with van der Waals surface area (Å²) in [6.45, 7) is 3.15. The first-order chi connectivity index (χ1) is 11.6. The topological polar surface area (TPSA) is 53.9 Å². The van der Waals surface area contributed by atoms with Gasteiger partial charge in [-0.05, 0) is 50.6 Å². The van der Waals surface area contributed by atoms with Gasteiger partial charge in [-0.25, -0.2) is 4.98 Å². The van der Waals surface area contributed by atoms with Crippen LogP contribution in [0.15, 0.2) is 47.4 Å². The maximum Gasteiger partial charge on any atom is 0.258 e. The van der Waals surface area contributed by atoms with E-state index in [4.69, 9.17) is 4.98 Å². The molecule has 0 radical (unpaired) electrons. The highest BCUT2D eigenvalue weighted by atomic mass is 16.1. The van der Waals surface area contributed by atoms with Crippen LogP contribution in [0.1, 0.15) is 43.4 Å². The maximum atomic E-state index is 12.4. The summed E-state index contributed by atoms with van der Waals surface area (Å²) in [5.41, 5.74) is 2.03. The number of nitrogens with zero attached hydrogens (tertiary/aromatic N) is 3. The number of para-hydroxylation sites is 1. The quantitative estimate of drug-likeness (QED) is 0.806. The van der Waals surface area contributed by atoms with Crippen molar-refractivity contribution in [2.24, 2.45) is 7.05 Å². The van der Waals surface area contributed by atoms with E-state index in [0.29, 0.717) is 11.4 Å². The van der Waals surface area contributed by atoms with Gasteiger partial charge in [-0.2, -0.15) is 0 Å². The molecule has 0 amide bonds. The van der Waals surface area contributed by atoms with Crippen LogP contribution in [0.25, 0.3) is 10.9 Å². The van der Waals surface area contributed by atoms with Gasteiger partial charge in [0.05, 0.1) is 23.0 Å². The van der Waals surface area contributed by atoms with Gasteiger partial charge in [0.2, 0.25) is 0 Å². The summed E-state index contributed by atoms with van der Waals surface area (Å²) in [5.74, 6) is 0.750. The molecular formula is C19H22N4O. The standard InChI is InChI=1S/C19H22N4O/c1-13(18-20-15-8-4-3-7-14(15)19(24)21-18)23-12-6-10-17(23)16-9-5-11-22(16)2/h3-5,7-9,11,13,17H,6,10,12H2,1-2H3,(H,20,21,24)/t13-,17+/m0/s1. The Bertz CT molecular complexity index is 926. The SMILES string of the molecule is C[C@@H](c1nc2ccccc2c(=O)[nH]1)N1CCC[C@@H]1c1cccn1C. The van der Waals surface area contributed by atoms with Gasteiger partial charge in [0, 0.05) is 18.9 Å². The van der Waals surface area contributed by atoms with Crippen LogP contribution in [0.2, 0.25) is 0 Å². The van der Waals surface area contributed by atoms with Crippen molar-refractivity contribution in [2.45, 2.75) is 31.8 Å². The highest BCUT2D eigenvalue weighted by molar-refractivity contribution is 5.77. The van der Waals surface area contributed by atoms with Crippen LogP contribution in [-0.2, 0) is 7.05 Å². The number of hydrogen-bond acceptors (Lipinski definition) is 3. The number of aromatic amines is 1. The number of hydrogen-bond donors (Lipinski definition) is 1. The summed E-state index contributed by atoms with van der Waals surface area (Å²) >= 11 is 0. The second kappa shape index (κ2) is 5.91. The van der Waals surface area contributed by atoms with E-state index in [1.165, 1.54) is 5.69 Å². The Hall–Kier alpha value is -2.40. The van der Waals surface area contributed by atoms with Gasteiger partial charge in [-0.1, -0.05) is 12.1 Å². The van der Waals surface area contributed by atoms with E-state index in [0.717, 1.165) is 30.7 Å². The first-order valence-corrected chi connectivity index (χ1v) is 8.51. The van der Waals surface area contributed by atoms with E-state index < -0.39 is 0 Å². The molecule has 1 aliphatic heterocycles. The average Bonchev–Trinajstić information content (AvgIpc) is 3.22. The van der Waals surface area contributed by atoms with Crippen LogP contribution < -0.4 is 5.56 Å². The van der Waals surface area contributed by atoms with E-state index in [1.54, 1.807) is 0 Å². The molecule has 1 aromatic carbocycles. The predicted molar refractivity (Wildman–Crippen MR) is 94.9 cm³/mol. The highest BCUT2D eigenvalue weighted by Crippen LogP contribution is 2.37. The molecule has 0 bridgehead atoms. The van der Waals surface area contributed by atoms with Crippen LogP contribution in [0.3, 0.4) is 0 Å². The third-order valence-corrected chi connectivity index (χ3v) is 5.14. The number of likely N-dealkylation sites (tertiary alicyclic amines) is 1. The van der Waals surface area contributed by atoms with Crippen LogP contribution >= 0.6 is 0 Å². The largest absolute Gasteiger partial charge is 0.353 e. The lowest BCUT2D eigenvalue weighted by Crippen LogP contribution is -2.30. The number of rotatable bonds is 3. The maximum absolute atomic E-state index is 12.4. The van der Waals surface area contributed by atoms with E-state index in [-0.39, 0.29) is 11.6 Å². The molecule has 0 spiro atoms. The van der Waals surface area contributed by atoms with Crippen molar-refractivity contribution in [2.75, 3.05) is 6.54 Å². The zero-order valence-corrected chi connectivity index (χ0v) is 14.1. The molecule has 5 nitrogen and oxygen atoms in total. The van der Waals surface area contributed by atoms with Crippen LogP contribution in [0, 0.1) is 0 Å². The number of benzene rings is 1. The zero-order chi connectivity index (χ0) is 16.7. The first kappa shape index (κ1) is 15.1. The van der Waals surface area contributed by atoms with Crippen molar-refractivity contribution in [3.05, 3.63) is 64.5 Å². The lowest BCUT2D eigenvalue weighted by Gasteiger charge is -2.30. The van der Waals surface area contributed by atoms with E-state index in [1.807, 2.05) is 24.3 Å². The molecule has 1 N–H and O–H groups in total. The minimum absolute atomic E-state index is 0.0583. The molecule has 1 fully saturated rings. The normalized spacial score (nSPS) is 19.8. The second-order valence-electron chi connectivity index (χ2n) is 6.58. The van der Waals surface area contributed by atoms with Crippen molar-refractivity contribution in [3.63, 3.8) is 0 Å². The molecule has 3 heterocycles. The number of aryl methyl sites for hydroxylation is 1. The fourth-order valence-electron chi connectivity index (χ4n) is 3.85. The Morgan fingerprint density at radius 2 is 2.08 bits per heavy atom. The summed E-state index contributed by atoms with van der Waals surface area (Å²) in [5, 5.41) is 0.647. The predicted octanol–water partition coefficient (Wildman–Crippen LogP) is 3.16. The Morgan fingerprint density at radius 1 is 1.25 bits per heavy atom. The molecule has 2 atom stereocenters. The summed E-state index contributed by atoms with van der Waals surface area (Å²) in [6, 6.07) is 12.2. The Balaban J connectivity index is 1.71. The van der Waals surface area contributed by atoms with E-state index >= 15 is 0 Å². The van der Waals surface area contributed by atoms with E-state index in [2.05, 4.69) is 46.8 Å². The van der Waals surface area contributed by atoms with Crippen LogP contribution in [0.5, 0.6) is 0 Å². The highest BCUT2D eigenvalue weighted by Gasteiger charge is 2.32. The average molecular weight is 322 g/mol. The van der Waals surface area contributed by atoms with Gasteiger partial charge in [-0.15, -0.1) is 0 Å². The third kappa shape index (κ3) is 2.45. The van der Waals surface area contributed by atoms with Crippen LogP contribution in [0.4, 0.5) is 0 Å². The van der Waals surface area contributed by atoms with Crippen LogP contribution in [-0.4, -0.2) is 26.0 Å². The zero-order valence-electron chi connectivity index (χ0n) is 14.1. The summed E-state index contributed by atoms with van der Waals surface area (Å²) in [7, 11) is 2.09. The Kier molecular flexibility index (Phi) is 3.73. The van der Waals surface area contributed by atoms with Gasteiger partial charge in [0.15, 0.2) is 0 Å². The molecule has 5 heteroatoms. The smallest absolute Gasteiger partial charge is 0.258 e. The van der Waals surface area contributed by atoms with Gasteiger partial charge in [-0.3, -0.25) is 9.69 Å². The molecular weight excluding hydrogens is 300 g/mol. The molecule has 0 unspecified atom stereocenters. The van der Waals surface area contributed by atoms with Gasteiger partial charge in [0.25, 0.3) is 5.56 Å². The first-order valence-electron chi connectivity index (χ1n) is 8.51. The summed E-state index contributed by atoms with van der Waals surface area (Å²) < 4.78 is 2.19. The van der Waals surface area contributed by atoms with Gasteiger partial charge in [0.1, 0.15) is 5.82 Å². The van der Waals surface area contributed by atoms with Crippen molar-refractivity contribution < 1.29 is 0 Å². The molecule has 1 aliphatic rings. The molecule has 0 aliphatic carbocycles. The van der Waals surface area contributed by atoms with Gasteiger partial charge < -0.3 is 9.55 Å². The molecule has 24 heavy (non-hydrogen) atoms. The molecule has 2 aromatic heterocycles. The number of aromatic nitrogens is 3. The van der Waals surface area contributed by atoms with Gasteiger partial charge >= 0.3 is 0 Å². The molecule has 4 rings (SSSR count). The monoisotopic (exact) mass is 322 g/mol. The Morgan fingerprint density at radius 3 is 2.88 bits per heavy atom. The molecule has 1 saturated heterocycles. The molecule has 3 aromatic rings. The fourth-order valence-corrected chi connectivity index (χ4v) is 3.85. The fraction of sp³-hybridized carbons (Fsp3) is 0.368. The number of fused-ring (bicyclic) bond motifs is 1. The molecule has 124 valence electrons.